The maximum absolute atomic E-state index is 11.2. The Morgan fingerprint density at radius 3 is 1.65 bits per heavy atom. The Balaban J connectivity index is 0. The van der Waals surface area contributed by atoms with Gasteiger partial charge < -0.3 is 4.79 Å². The molecular formula is C48H76O. The molecule has 49 heavy (non-hydrogen) atoms. The molecule has 0 saturated carbocycles. The normalized spacial score (nSPS) is 23.0. The maximum atomic E-state index is 11.2. The number of carbonyl (C=O) groups excluding carboxylic acids is 1. The quantitative estimate of drug-likeness (QED) is 0.129. The van der Waals surface area contributed by atoms with Crippen LogP contribution in [0.3, 0.4) is 0 Å². The van der Waals surface area contributed by atoms with Crippen molar-refractivity contribution >= 4 is 6.29 Å². The smallest absolute Gasteiger partial charge is 0.123 e. The van der Waals surface area contributed by atoms with E-state index in [9.17, 15) is 4.79 Å². The molecule has 0 aromatic rings. The zero-order valence-corrected chi connectivity index (χ0v) is 34.8. The molecule has 2 rings (SSSR count). The summed E-state index contributed by atoms with van der Waals surface area (Å²) in [7, 11) is 0. The topological polar surface area (TPSA) is 17.1 Å². The largest absolute Gasteiger partial charge is 0.303 e. The van der Waals surface area contributed by atoms with E-state index in [0.717, 1.165) is 36.5 Å². The standard InChI is InChI=1S/C32H42O.C11H20.C3H8.C2H6/c1-9-25(2)16-12-17-26(3)14-10-11-15-27(4)18-13-19-28(5)20-21-31-29(6)22-30(24-33)23-32(31,7)8;1-8-6-9(2)10(3)11(4,5)7-8;1-3-2;1-2/h9-21,24,30H,1,22-23H2,2-8H3;6,8,10H,7H2,1-5H3;3H2,1-2H3;1-2H3/b11-10+,17-12+,18-13+,21-20+,25-16+,26-14+,27-15+,28-19+;;;/t30-;8-,10?;;/m10../s1. The van der Waals surface area contributed by atoms with Crippen molar-refractivity contribution in [2.75, 3.05) is 0 Å². The van der Waals surface area contributed by atoms with Crippen molar-refractivity contribution in [2.24, 2.45) is 28.6 Å². The minimum atomic E-state index is 0.0377. The summed E-state index contributed by atoms with van der Waals surface area (Å²) < 4.78 is 0. The van der Waals surface area contributed by atoms with Gasteiger partial charge in [0, 0.05) is 5.92 Å². The zero-order chi connectivity index (χ0) is 38.2. The third-order valence-electron chi connectivity index (χ3n) is 9.07. The van der Waals surface area contributed by atoms with E-state index < -0.39 is 0 Å². The van der Waals surface area contributed by atoms with E-state index in [1.807, 2.05) is 39.0 Å². The highest BCUT2D eigenvalue weighted by Crippen LogP contribution is 2.43. The van der Waals surface area contributed by atoms with E-state index in [0.29, 0.717) is 5.41 Å². The first-order chi connectivity index (χ1) is 22.9. The number of hydrogen-bond acceptors (Lipinski definition) is 1. The molecule has 274 valence electrons. The molecule has 0 aromatic heterocycles. The highest BCUT2D eigenvalue weighted by Gasteiger charge is 2.32. The molecule has 0 aromatic carbocycles. The number of carbonyl (C=O) groups is 1. The molecule has 1 heteroatoms. The minimum Gasteiger partial charge on any atom is -0.303 e. The van der Waals surface area contributed by atoms with Gasteiger partial charge >= 0.3 is 0 Å². The highest BCUT2D eigenvalue weighted by atomic mass is 16.1. The molecule has 3 atom stereocenters. The van der Waals surface area contributed by atoms with Crippen LogP contribution in [0.4, 0.5) is 0 Å². The molecule has 2 aliphatic rings. The Hall–Kier alpha value is -3.19. The summed E-state index contributed by atoms with van der Waals surface area (Å²) in [6, 6.07) is 0. The second-order valence-corrected chi connectivity index (χ2v) is 15.2. The Kier molecular flexibility index (Phi) is 25.2. The lowest BCUT2D eigenvalue weighted by Crippen LogP contribution is -2.28. The summed E-state index contributed by atoms with van der Waals surface area (Å²) in [5.74, 6) is 1.69. The first-order valence-corrected chi connectivity index (χ1v) is 18.8. The van der Waals surface area contributed by atoms with Gasteiger partial charge in [-0.15, -0.1) is 0 Å². The van der Waals surface area contributed by atoms with Gasteiger partial charge in [-0.1, -0.05) is 201 Å². The van der Waals surface area contributed by atoms with Gasteiger partial charge in [0.05, 0.1) is 0 Å². The van der Waals surface area contributed by atoms with Gasteiger partial charge in [0.15, 0.2) is 0 Å². The van der Waals surface area contributed by atoms with Gasteiger partial charge in [-0.2, -0.15) is 0 Å². The monoisotopic (exact) mass is 669 g/mol. The Morgan fingerprint density at radius 1 is 0.776 bits per heavy atom. The fraction of sp³-hybridized carbons (Fsp3) is 0.521. The fourth-order valence-corrected chi connectivity index (χ4v) is 6.23. The number of rotatable bonds is 10. The van der Waals surface area contributed by atoms with Crippen molar-refractivity contribution in [3.05, 3.63) is 131 Å². The van der Waals surface area contributed by atoms with Gasteiger partial charge in [0.25, 0.3) is 0 Å². The van der Waals surface area contributed by atoms with E-state index in [1.165, 1.54) is 40.7 Å². The van der Waals surface area contributed by atoms with Crippen molar-refractivity contribution in [1.82, 2.24) is 0 Å². The summed E-state index contributed by atoms with van der Waals surface area (Å²) in [4.78, 5) is 11.2. The van der Waals surface area contributed by atoms with E-state index in [1.54, 1.807) is 5.57 Å². The SMILES string of the molecule is C=C/C(C)=C/C=C/C(C)=C/C=C/C=C(C)/C=C/C=C(C)/C=C/C1=C(C)C[C@@H](C=O)CC1(C)C.CC.CC1=C[C@H](C)CC(C)(C)C1C.CCC. The van der Waals surface area contributed by atoms with Gasteiger partial charge in [-0.05, 0) is 89.0 Å². The summed E-state index contributed by atoms with van der Waals surface area (Å²) in [5, 5.41) is 0. The Morgan fingerprint density at radius 2 is 1.22 bits per heavy atom. The molecule has 0 heterocycles. The average molecular weight is 669 g/mol. The van der Waals surface area contributed by atoms with Crippen LogP contribution in [-0.2, 0) is 4.79 Å². The first-order valence-electron chi connectivity index (χ1n) is 18.8. The molecule has 0 amide bonds. The number of allylic oxidation sites excluding steroid dienone is 21. The molecule has 1 nitrogen and oxygen atoms in total. The molecule has 0 spiro atoms. The lowest BCUT2D eigenvalue weighted by molar-refractivity contribution is -0.112. The molecule has 0 saturated heterocycles. The molecule has 0 N–H and O–H groups in total. The van der Waals surface area contributed by atoms with Crippen molar-refractivity contribution in [3.8, 4) is 0 Å². The molecule has 0 bridgehead atoms. The molecule has 1 unspecified atom stereocenters. The molecular weight excluding hydrogens is 593 g/mol. The summed E-state index contributed by atoms with van der Waals surface area (Å²) >= 11 is 0. The summed E-state index contributed by atoms with van der Waals surface area (Å²) in [6.07, 6.45) is 35.0. The van der Waals surface area contributed by atoms with Crippen LogP contribution in [0.15, 0.2) is 131 Å². The third kappa shape index (κ3) is 20.8. The molecule has 0 radical (unpaired) electrons. The van der Waals surface area contributed by atoms with Crippen LogP contribution >= 0.6 is 0 Å². The van der Waals surface area contributed by atoms with Crippen LogP contribution in [0.5, 0.6) is 0 Å². The van der Waals surface area contributed by atoms with Crippen LogP contribution < -0.4 is 0 Å². The Bertz CT molecular complexity index is 1300. The van der Waals surface area contributed by atoms with Crippen LogP contribution in [-0.4, -0.2) is 6.29 Å². The summed E-state index contributed by atoms with van der Waals surface area (Å²) in [6.45, 7) is 38.7. The second kappa shape index (κ2) is 25.7. The lowest BCUT2D eigenvalue weighted by atomic mass is 9.67. The summed E-state index contributed by atoms with van der Waals surface area (Å²) in [5.41, 5.74) is 9.56. The van der Waals surface area contributed by atoms with E-state index in [4.69, 9.17) is 0 Å². The third-order valence-corrected chi connectivity index (χ3v) is 9.07. The van der Waals surface area contributed by atoms with Gasteiger partial charge in [-0.25, -0.2) is 0 Å². The van der Waals surface area contributed by atoms with Crippen LogP contribution in [0, 0.1) is 28.6 Å². The van der Waals surface area contributed by atoms with Crippen LogP contribution in [0.1, 0.15) is 136 Å². The number of hydrogen-bond donors (Lipinski definition) is 0. The van der Waals surface area contributed by atoms with Crippen LogP contribution in [0.2, 0.25) is 0 Å². The van der Waals surface area contributed by atoms with Gasteiger partial charge in [0.2, 0.25) is 0 Å². The van der Waals surface area contributed by atoms with Crippen molar-refractivity contribution in [3.63, 3.8) is 0 Å². The van der Waals surface area contributed by atoms with Crippen molar-refractivity contribution in [2.45, 2.75) is 136 Å². The predicted molar refractivity (Wildman–Crippen MR) is 225 cm³/mol. The van der Waals surface area contributed by atoms with Crippen molar-refractivity contribution < 1.29 is 4.79 Å². The fourth-order valence-electron chi connectivity index (χ4n) is 6.23. The van der Waals surface area contributed by atoms with E-state index >= 15 is 0 Å². The average Bonchev–Trinajstić information content (AvgIpc) is 3.02. The van der Waals surface area contributed by atoms with E-state index in [-0.39, 0.29) is 11.3 Å². The molecule has 0 fully saturated rings. The first kappa shape index (κ1) is 47.9. The molecule has 2 aliphatic carbocycles. The maximum Gasteiger partial charge on any atom is 0.123 e. The minimum absolute atomic E-state index is 0.0377. The van der Waals surface area contributed by atoms with E-state index in [2.05, 4.69) is 163 Å². The van der Waals surface area contributed by atoms with Gasteiger partial charge in [0.1, 0.15) is 6.29 Å². The zero-order valence-electron chi connectivity index (χ0n) is 34.8. The second-order valence-electron chi connectivity index (χ2n) is 15.2. The molecule has 0 aliphatic heterocycles. The number of aldehydes is 1. The van der Waals surface area contributed by atoms with Gasteiger partial charge in [-0.3, -0.25) is 0 Å². The lowest BCUT2D eigenvalue weighted by Gasteiger charge is -2.38. The van der Waals surface area contributed by atoms with Crippen LogP contribution in [0.25, 0.3) is 0 Å². The highest BCUT2D eigenvalue weighted by molar-refractivity contribution is 5.56. The Labute approximate surface area is 305 Å². The van der Waals surface area contributed by atoms with Crippen molar-refractivity contribution in [1.29, 1.82) is 0 Å². The predicted octanol–water partition coefficient (Wildman–Crippen LogP) is 15.2.